The maximum absolute atomic E-state index is 11.3. The van der Waals surface area contributed by atoms with E-state index < -0.39 is 4.92 Å². The Bertz CT molecular complexity index is 679. The zero-order chi connectivity index (χ0) is 15.4. The van der Waals surface area contributed by atoms with Crippen molar-refractivity contribution in [3.05, 3.63) is 56.0 Å². The third-order valence-corrected chi connectivity index (χ3v) is 3.59. The number of hydrogen-bond acceptors (Lipinski definition) is 4. The number of nitro groups is 1. The van der Waals surface area contributed by atoms with Gasteiger partial charge in [-0.05, 0) is 37.3 Å². The van der Waals surface area contributed by atoms with Crippen molar-refractivity contribution in [2.75, 3.05) is 17.2 Å². The second-order valence-corrected chi connectivity index (χ2v) is 5.56. The van der Waals surface area contributed by atoms with E-state index in [9.17, 15) is 10.1 Å². The molecule has 7 heteroatoms. The highest BCUT2D eigenvalue weighted by molar-refractivity contribution is 9.10. The van der Waals surface area contributed by atoms with E-state index in [1.54, 1.807) is 30.3 Å². The topological polar surface area (TPSA) is 67.2 Å². The lowest BCUT2D eigenvalue weighted by Crippen LogP contribution is -2.04. The first-order chi connectivity index (χ1) is 10.0. The van der Waals surface area contributed by atoms with Crippen LogP contribution in [0, 0.1) is 10.1 Å². The van der Waals surface area contributed by atoms with Gasteiger partial charge in [0.05, 0.1) is 15.6 Å². The molecule has 21 heavy (non-hydrogen) atoms. The summed E-state index contributed by atoms with van der Waals surface area (Å²) in [6.07, 6.45) is 0. The van der Waals surface area contributed by atoms with Crippen LogP contribution in [0.25, 0.3) is 0 Å². The monoisotopic (exact) mass is 369 g/mol. The van der Waals surface area contributed by atoms with Gasteiger partial charge in [-0.15, -0.1) is 0 Å². The molecule has 2 N–H and O–H groups in total. The Balaban J connectivity index is 2.43. The number of para-hydroxylation sites is 1. The summed E-state index contributed by atoms with van der Waals surface area (Å²) in [5, 5.41) is 17.8. The van der Waals surface area contributed by atoms with Crippen LogP contribution >= 0.6 is 27.5 Å². The highest BCUT2D eigenvalue weighted by Crippen LogP contribution is 2.36. The molecule has 0 amide bonds. The molecule has 110 valence electrons. The van der Waals surface area contributed by atoms with Crippen molar-refractivity contribution in [2.24, 2.45) is 0 Å². The van der Waals surface area contributed by atoms with Crippen LogP contribution in [-0.4, -0.2) is 11.5 Å². The SMILES string of the molecule is CCNc1cccc(Nc2ccc(Br)cc2Cl)c1[N+](=O)[O-]. The van der Waals surface area contributed by atoms with Gasteiger partial charge in [0, 0.05) is 11.0 Å². The van der Waals surface area contributed by atoms with Gasteiger partial charge in [0.1, 0.15) is 11.4 Å². The first kappa shape index (κ1) is 15.6. The predicted octanol–water partition coefficient (Wildman–Crippen LogP) is 5.19. The van der Waals surface area contributed by atoms with Crippen molar-refractivity contribution in [3.63, 3.8) is 0 Å². The van der Waals surface area contributed by atoms with Crippen LogP contribution in [0.5, 0.6) is 0 Å². The molecular formula is C14H13BrClN3O2. The van der Waals surface area contributed by atoms with Gasteiger partial charge in [-0.1, -0.05) is 33.6 Å². The summed E-state index contributed by atoms with van der Waals surface area (Å²) >= 11 is 9.46. The highest BCUT2D eigenvalue weighted by atomic mass is 79.9. The largest absolute Gasteiger partial charge is 0.380 e. The number of anilines is 3. The summed E-state index contributed by atoms with van der Waals surface area (Å²) in [6, 6.07) is 10.4. The Kier molecular flexibility index (Phi) is 5.03. The molecule has 0 heterocycles. The van der Waals surface area contributed by atoms with Gasteiger partial charge in [0.15, 0.2) is 0 Å². The first-order valence-corrected chi connectivity index (χ1v) is 7.43. The summed E-state index contributed by atoms with van der Waals surface area (Å²) in [5.74, 6) is 0. The van der Waals surface area contributed by atoms with Crippen molar-refractivity contribution in [1.29, 1.82) is 0 Å². The number of rotatable bonds is 5. The maximum Gasteiger partial charge on any atom is 0.315 e. The average Bonchev–Trinajstić information content (AvgIpc) is 2.42. The van der Waals surface area contributed by atoms with E-state index in [0.29, 0.717) is 28.6 Å². The lowest BCUT2D eigenvalue weighted by molar-refractivity contribution is -0.383. The summed E-state index contributed by atoms with van der Waals surface area (Å²) < 4.78 is 0.842. The average molecular weight is 371 g/mol. The summed E-state index contributed by atoms with van der Waals surface area (Å²) in [7, 11) is 0. The van der Waals surface area contributed by atoms with Crippen LogP contribution in [0.2, 0.25) is 5.02 Å². The van der Waals surface area contributed by atoms with E-state index >= 15 is 0 Å². The Morgan fingerprint density at radius 2 is 1.95 bits per heavy atom. The zero-order valence-electron chi connectivity index (χ0n) is 11.2. The molecule has 0 radical (unpaired) electrons. The van der Waals surface area contributed by atoms with Gasteiger partial charge in [0.25, 0.3) is 0 Å². The second kappa shape index (κ2) is 6.78. The molecule has 0 unspecified atom stereocenters. The smallest absolute Gasteiger partial charge is 0.315 e. The molecule has 0 aliphatic carbocycles. The van der Waals surface area contributed by atoms with Crippen LogP contribution in [0.15, 0.2) is 40.9 Å². The summed E-state index contributed by atoms with van der Waals surface area (Å²) in [4.78, 5) is 10.9. The minimum absolute atomic E-state index is 0.00154. The summed E-state index contributed by atoms with van der Waals surface area (Å²) in [6.45, 7) is 2.48. The number of nitrogens with one attached hydrogen (secondary N) is 2. The van der Waals surface area contributed by atoms with Crippen LogP contribution < -0.4 is 10.6 Å². The van der Waals surface area contributed by atoms with Crippen molar-refractivity contribution in [3.8, 4) is 0 Å². The fourth-order valence-corrected chi connectivity index (χ4v) is 2.63. The maximum atomic E-state index is 11.3. The quantitative estimate of drug-likeness (QED) is 0.561. The van der Waals surface area contributed by atoms with E-state index in [4.69, 9.17) is 11.6 Å². The predicted molar refractivity (Wildman–Crippen MR) is 89.7 cm³/mol. The Hall–Kier alpha value is -1.79. The molecule has 0 aromatic heterocycles. The lowest BCUT2D eigenvalue weighted by atomic mass is 10.2. The molecule has 0 fully saturated rings. The Morgan fingerprint density at radius 3 is 2.57 bits per heavy atom. The number of nitrogens with zero attached hydrogens (tertiary/aromatic N) is 1. The molecule has 0 saturated heterocycles. The first-order valence-electron chi connectivity index (χ1n) is 6.26. The van der Waals surface area contributed by atoms with Crippen LogP contribution in [-0.2, 0) is 0 Å². The van der Waals surface area contributed by atoms with Crippen LogP contribution in [0.3, 0.4) is 0 Å². The van der Waals surface area contributed by atoms with E-state index in [2.05, 4.69) is 26.6 Å². The molecule has 5 nitrogen and oxygen atoms in total. The molecule has 0 bridgehead atoms. The molecule has 0 saturated carbocycles. The normalized spacial score (nSPS) is 10.2. The van der Waals surface area contributed by atoms with Crippen LogP contribution in [0.1, 0.15) is 6.92 Å². The van der Waals surface area contributed by atoms with Crippen molar-refractivity contribution < 1.29 is 4.92 Å². The molecule has 0 aliphatic rings. The molecular weight excluding hydrogens is 358 g/mol. The van der Waals surface area contributed by atoms with E-state index in [-0.39, 0.29) is 5.69 Å². The Labute approximate surface area is 135 Å². The fraction of sp³-hybridized carbons (Fsp3) is 0.143. The fourth-order valence-electron chi connectivity index (χ4n) is 1.91. The lowest BCUT2D eigenvalue weighted by Gasteiger charge is -2.12. The highest BCUT2D eigenvalue weighted by Gasteiger charge is 2.19. The minimum atomic E-state index is -0.410. The number of benzene rings is 2. The van der Waals surface area contributed by atoms with Gasteiger partial charge in [-0.25, -0.2) is 0 Å². The third-order valence-electron chi connectivity index (χ3n) is 2.79. The van der Waals surface area contributed by atoms with Crippen molar-refractivity contribution in [2.45, 2.75) is 6.92 Å². The van der Waals surface area contributed by atoms with Crippen molar-refractivity contribution >= 4 is 50.3 Å². The van der Waals surface area contributed by atoms with E-state index in [1.165, 1.54) is 0 Å². The van der Waals surface area contributed by atoms with E-state index in [1.807, 2.05) is 13.0 Å². The zero-order valence-corrected chi connectivity index (χ0v) is 13.5. The number of nitro benzene ring substituents is 1. The minimum Gasteiger partial charge on any atom is -0.380 e. The van der Waals surface area contributed by atoms with Gasteiger partial charge < -0.3 is 10.6 Å². The third kappa shape index (κ3) is 3.65. The van der Waals surface area contributed by atoms with Crippen molar-refractivity contribution in [1.82, 2.24) is 0 Å². The molecule has 0 aliphatic heterocycles. The molecule has 2 aromatic rings. The van der Waals surface area contributed by atoms with Gasteiger partial charge in [0.2, 0.25) is 0 Å². The van der Waals surface area contributed by atoms with Gasteiger partial charge >= 0.3 is 5.69 Å². The van der Waals surface area contributed by atoms with Crippen LogP contribution in [0.4, 0.5) is 22.7 Å². The summed E-state index contributed by atoms with van der Waals surface area (Å²) in [5.41, 5.74) is 1.47. The second-order valence-electron chi connectivity index (χ2n) is 4.24. The number of hydrogen-bond donors (Lipinski definition) is 2. The van der Waals surface area contributed by atoms with Gasteiger partial charge in [-0.3, -0.25) is 10.1 Å². The van der Waals surface area contributed by atoms with E-state index in [0.717, 1.165) is 4.47 Å². The molecule has 0 atom stereocenters. The molecule has 2 rings (SSSR count). The van der Waals surface area contributed by atoms with Gasteiger partial charge in [-0.2, -0.15) is 0 Å². The molecule has 0 spiro atoms. The Morgan fingerprint density at radius 1 is 1.24 bits per heavy atom. The standard InChI is InChI=1S/C14H13BrClN3O2/c1-2-17-12-4-3-5-13(14(12)19(20)21)18-11-7-6-9(15)8-10(11)16/h3-8,17-18H,2H2,1H3. The number of halogens is 2. The molecule has 2 aromatic carbocycles.